The third-order valence-corrected chi connectivity index (χ3v) is 8.77. The van der Waals surface area contributed by atoms with E-state index in [4.69, 9.17) is 9.47 Å². The van der Waals surface area contributed by atoms with Gasteiger partial charge in [-0.15, -0.1) is 0 Å². The molecular formula is C26H36N2O6S2. The van der Waals surface area contributed by atoms with E-state index in [1.807, 2.05) is 44.2 Å². The maximum Gasteiger partial charge on any atom is 0.243 e. The van der Waals surface area contributed by atoms with E-state index in [2.05, 4.69) is 17.9 Å². The van der Waals surface area contributed by atoms with Crippen LogP contribution in [0.15, 0.2) is 53.4 Å². The van der Waals surface area contributed by atoms with Crippen molar-refractivity contribution < 1.29 is 27.8 Å². The van der Waals surface area contributed by atoms with Crippen molar-refractivity contribution in [1.29, 1.82) is 0 Å². The number of aliphatic hydroxyl groups excluding tert-OH is 1. The quantitative estimate of drug-likeness (QED) is 0.340. The summed E-state index contributed by atoms with van der Waals surface area (Å²) < 4.78 is 39.4. The van der Waals surface area contributed by atoms with E-state index < -0.39 is 22.2 Å². The summed E-state index contributed by atoms with van der Waals surface area (Å²) in [6, 6.07) is 13.3. The van der Waals surface area contributed by atoms with Crippen molar-refractivity contribution in [2.24, 2.45) is 11.8 Å². The van der Waals surface area contributed by atoms with Gasteiger partial charge in [-0.05, 0) is 30.0 Å². The molecule has 3 rings (SSSR count). The fraction of sp³-hybridized carbons (Fsp3) is 0.500. The molecule has 0 fully saturated rings. The number of sulfonamides is 1. The molecule has 2 aromatic rings. The van der Waals surface area contributed by atoms with Crippen LogP contribution in [-0.4, -0.2) is 61.5 Å². The Hall–Kier alpha value is -2.27. The van der Waals surface area contributed by atoms with Crippen LogP contribution in [0.3, 0.4) is 0 Å². The van der Waals surface area contributed by atoms with Crippen LogP contribution >= 0.6 is 12.6 Å². The second-order valence-electron chi connectivity index (χ2n) is 9.31. The van der Waals surface area contributed by atoms with Gasteiger partial charge < -0.3 is 19.9 Å². The van der Waals surface area contributed by atoms with Crippen molar-refractivity contribution in [1.82, 2.24) is 9.62 Å². The van der Waals surface area contributed by atoms with Crippen LogP contribution in [0.4, 0.5) is 0 Å². The van der Waals surface area contributed by atoms with Gasteiger partial charge in [-0.25, -0.2) is 8.42 Å². The highest BCUT2D eigenvalue weighted by Crippen LogP contribution is 2.35. The molecule has 36 heavy (non-hydrogen) atoms. The predicted molar refractivity (Wildman–Crippen MR) is 142 cm³/mol. The number of rotatable bonds is 13. The molecule has 4 atom stereocenters. The van der Waals surface area contributed by atoms with Gasteiger partial charge in [0.25, 0.3) is 0 Å². The summed E-state index contributed by atoms with van der Waals surface area (Å²) in [5.74, 6) is 0.692. The van der Waals surface area contributed by atoms with Crippen LogP contribution < -0.4 is 14.8 Å². The molecule has 1 aliphatic rings. The molecule has 2 N–H and O–H groups in total. The van der Waals surface area contributed by atoms with E-state index in [9.17, 15) is 18.3 Å². The summed E-state index contributed by atoms with van der Waals surface area (Å²) in [5, 5.41) is 14.2. The first kappa shape index (κ1) is 28.3. The average Bonchev–Trinajstić information content (AvgIpc) is 3.35. The van der Waals surface area contributed by atoms with E-state index in [1.54, 1.807) is 13.0 Å². The number of amides is 1. The molecule has 2 aromatic carbocycles. The Kier molecular flexibility index (Phi) is 10.1. The number of ether oxygens (including phenoxy) is 2. The summed E-state index contributed by atoms with van der Waals surface area (Å²) in [6.45, 7) is 5.81. The lowest BCUT2D eigenvalue weighted by Gasteiger charge is -2.31. The molecule has 10 heteroatoms. The summed E-state index contributed by atoms with van der Waals surface area (Å²) in [7, 11) is -3.97. The average molecular weight is 537 g/mol. The van der Waals surface area contributed by atoms with Crippen LogP contribution in [0.1, 0.15) is 32.8 Å². The van der Waals surface area contributed by atoms with Gasteiger partial charge in [0.05, 0.1) is 17.0 Å². The minimum atomic E-state index is -3.97. The number of fused-ring (bicyclic) bond motifs is 1. The smallest absolute Gasteiger partial charge is 0.243 e. The van der Waals surface area contributed by atoms with Gasteiger partial charge in [-0.1, -0.05) is 57.5 Å². The standard InChI is InChI=1S/C26H36N2O6S2/c1-4-18(2)14-28(36(31,32)21-10-11-24-25(13-21)34-17-33-24)15-23(29)22(27-26(30)19(3)16-35)12-20-8-6-5-7-9-20/h5-11,13,18-19,22-23,29,35H,4,12,14-17H2,1-3H3,(H,27,30)/t18?,19-,22+,23-/m1/s1. The first-order chi connectivity index (χ1) is 17.1. The molecule has 0 aliphatic carbocycles. The Morgan fingerprint density at radius 1 is 1.11 bits per heavy atom. The second-order valence-corrected chi connectivity index (χ2v) is 11.6. The maximum atomic E-state index is 13.7. The number of hydrogen-bond donors (Lipinski definition) is 3. The highest BCUT2D eigenvalue weighted by Gasteiger charge is 2.33. The van der Waals surface area contributed by atoms with Gasteiger partial charge in [0.1, 0.15) is 0 Å². The maximum absolute atomic E-state index is 13.7. The minimum Gasteiger partial charge on any atom is -0.454 e. The predicted octanol–water partition coefficient (Wildman–Crippen LogP) is 3.11. The summed E-state index contributed by atoms with van der Waals surface area (Å²) in [4.78, 5) is 12.8. The van der Waals surface area contributed by atoms with Crippen LogP contribution in [-0.2, 0) is 21.2 Å². The second kappa shape index (κ2) is 12.8. The molecule has 8 nitrogen and oxygen atoms in total. The van der Waals surface area contributed by atoms with Crippen molar-refractivity contribution in [2.45, 2.75) is 50.7 Å². The topological polar surface area (TPSA) is 105 Å². The third-order valence-electron chi connectivity index (χ3n) is 6.40. The molecule has 0 spiro atoms. The van der Waals surface area contributed by atoms with Crippen LogP contribution in [0.5, 0.6) is 11.5 Å². The SMILES string of the molecule is CCC(C)CN(C[C@@H](O)[C@H](Cc1ccccc1)NC(=O)[C@H](C)CS)S(=O)(=O)c1ccc2c(c1)OCO2. The fourth-order valence-corrected chi connectivity index (χ4v) is 5.59. The molecule has 1 unspecified atom stereocenters. The van der Waals surface area contributed by atoms with Crippen molar-refractivity contribution in [3.63, 3.8) is 0 Å². The molecule has 198 valence electrons. The van der Waals surface area contributed by atoms with E-state index in [1.165, 1.54) is 16.4 Å². The largest absolute Gasteiger partial charge is 0.454 e. The van der Waals surface area contributed by atoms with Crippen LogP contribution in [0, 0.1) is 11.8 Å². The van der Waals surface area contributed by atoms with Crippen molar-refractivity contribution in [3.05, 3.63) is 54.1 Å². The molecule has 0 radical (unpaired) electrons. The molecular weight excluding hydrogens is 500 g/mol. The van der Waals surface area contributed by atoms with Gasteiger partial charge in [0.2, 0.25) is 22.7 Å². The Bertz CT molecular complexity index is 1110. The Labute approximate surface area is 219 Å². The van der Waals surface area contributed by atoms with Crippen LogP contribution in [0.25, 0.3) is 0 Å². The van der Waals surface area contributed by atoms with E-state index in [0.29, 0.717) is 23.7 Å². The minimum absolute atomic E-state index is 0.0414. The molecule has 0 bridgehead atoms. The summed E-state index contributed by atoms with van der Waals surface area (Å²) >= 11 is 4.21. The zero-order chi connectivity index (χ0) is 26.3. The van der Waals surface area contributed by atoms with Crippen molar-refractivity contribution >= 4 is 28.6 Å². The molecule has 1 amide bonds. The molecule has 0 saturated heterocycles. The lowest BCUT2D eigenvalue weighted by molar-refractivity contribution is -0.125. The van der Waals surface area contributed by atoms with Gasteiger partial charge in [0.15, 0.2) is 11.5 Å². The van der Waals surface area contributed by atoms with Gasteiger partial charge in [-0.2, -0.15) is 16.9 Å². The lowest BCUT2D eigenvalue weighted by atomic mass is 10.00. The number of nitrogens with zero attached hydrogens (tertiary/aromatic N) is 1. The van der Waals surface area contributed by atoms with E-state index in [-0.39, 0.29) is 42.5 Å². The van der Waals surface area contributed by atoms with Gasteiger partial charge in [-0.3, -0.25) is 4.79 Å². The molecule has 0 saturated carbocycles. The summed E-state index contributed by atoms with van der Waals surface area (Å²) in [5.41, 5.74) is 0.924. The zero-order valence-electron chi connectivity index (χ0n) is 21.0. The normalized spacial score (nSPS) is 16.4. The highest BCUT2D eigenvalue weighted by atomic mass is 32.2. The van der Waals surface area contributed by atoms with Gasteiger partial charge in [0, 0.05) is 30.8 Å². The first-order valence-electron chi connectivity index (χ1n) is 12.2. The van der Waals surface area contributed by atoms with E-state index >= 15 is 0 Å². The number of carbonyl (C=O) groups is 1. The first-order valence-corrected chi connectivity index (χ1v) is 14.3. The molecule has 0 aromatic heterocycles. The Morgan fingerprint density at radius 3 is 2.47 bits per heavy atom. The number of hydrogen-bond acceptors (Lipinski definition) is 7. The number of benzene rings is 2. The lowest BCUT2D eigenvalue weighted by Crippen LogP contribution is -2.52. The van der Waals surface area contributed by atoms with Crippen molar-refractivity contribution in [3.8, 4) is 11.5 Å². The number of thiol groups is 1. The fourth-order valence-electron chi connectivity index (χ4n) is 3.83. The Balaban J connectivity index is 1.88. The zero-order valence-corrected chi connectivity index (χ0v) is 22.7. The monoisotopic (exact) mass is 536 g/mol. The summed E-state index contributed by atoms with van der Waals surface area (Å²) in [6.07, 6.45) is -0.0182. The molecule has 1 heterocycles. The van der Waals surface area contributed by atoms with Crippen molar-refractivity contribution in [2.75, 3.05) is 25.6 Å². The Morgan fingerprint density at radius 2 is 1.81 bits per heavy atom. The highest BCUT2D eigenvalue weighted by molar-refractivity contribution is 7.89. The third kappa shape index (κ3) is 7.15. The number of aliphatic hydroxyl groups is 1. The number of nitrogens with one attached hydrogen (secondary N) is 1. The van der Waals surface area contributed by atoms with Gasteiger partial charge >= 0.3 is 0 Å². The number of carbonyl (C=O) groups excluding carboxylic acids is 1. The molecule has 1 aliphatic heterocycles. The van der Waals surface area contributed by atoms with E-state index in [0.717, 1.165) is 12.0 Å². The van der Waals surface area contributed by atoms with Crippen LogP contribution in [0.2, 0.25) is 0 Å².